The highest BCUT2D eigenvalue weighted by molar-refractivity contribution is 5.91. The number of hydrogen-bond donors (Lipinski definition) is 0. The molecule has 2 saturated heterocycles. The number of rotatable bonds is 0. The number of ether oxygens (including phenoxy) is 3. The van der Waals surface area contributed by atoms with E-state index in [0.29, 0.717) is 12.4 Å². The molecule has 0 radical (unpaired) electrons. The summed E-state index contributed by atoms with van der Waals surface area (Å²) < 4.78 is 18.1. The summed E-state index contributed by atoms with van der Waals surface area (Å²) in [6.45, 7) is 15.7. The number of allylic oxidation sites excluding steroid dienone is 1. The van der Waals surface area contributed by atoms with Gasteiger partial charge >= 0.3 is 6.16 Å². The Bertz CT molecular complexity index is 827. The average molecular weight is 403 g/mol. The molecule has 160 valence electrons. The summed E-state index contributed by atoms with van der Waals surface area (Å²) in [7, 11) is 0. The van der Waals surface area contributed by atoms with E-state index in [-0.39, 0.29) is 35.7 Å². The van der Waals surface area contributed by atoms with Gasteiger partial charge in [0.05, 0.1) is 12.7 Å². The Kier molecular flexibility index (Phi) is 3.82. The maximum absolute atomic E-state index is 14.2. The smallest absolute Gasteiger partial charge is 0.426 e. The van der Waals surface area contributed by atoms with Crippen LogP contribution in [0, 0.1) is 40.4 Å². The van der Waals surface area contributed by atoms with Gasteiger partial charge in [0.1, 0.15) is 5.78 Å². The summed E-state index contributed by atoms with van der Waals surface area (Å²) in [4.78, 5) is 26.9. The minimum Gasteiger partial charge on any atom is -0.426 e. The van der Waals surface area contributed by atoms with Gasteiger partial charge in [-0.3, -0.25) is 4.79 Å². The first-order chi connectivity index (χ1) is 13.5. The number of hydrogen-bond acceptors (Lipinski definition) is 5. The lowest BCUT2D eigenvalue weighted by molar-refractivity contribution is -0.242. The fourth-order valence-electron chi connectivity index (χ4n) is 8.00. The van der Waals surface area contributed by atoms with Crippen LogP contribution in [0.5, 0.6) is 0 Å². The molecule has 0 amide bonds. The van der Waals surface area contributed by atoms with Crippen molar-refractivity contribution in [3.8, 4) is 0 Å². The standard InChI is InChI=1S/C24H34O5/c1-11-9-24-20(28-21(26)29-24)18-15-10-27-16(15)8-12(2)23(18,7)19(25)14(4)17(13(11)3)22(24,5)6/h11-12,14-16,18,20H,8-10H2,1-7H3/t11-,12-,14+,15+,16+,18-,20-,23+,24+/m0/s1. The maximum atomic E-state index is 14.2. The SMILES string of the molecule is CC1=C2[C@@H](C)C(=O)[C@@]3(C)[C@@H]([C@@H]4CO[C@@H]4C[C@@H]3C)[C@@H]3OC(=O)O[C@@]3(C[C@@H]1C)C2(C)C. The zero-order chi connectivity index (χ0) is 21.1. The van der Waals surface area contributed by atoms with Crippen molar-refractivity contribution in [1.29, 1.82) is 0 Å². The first kappa shape index (κ1) is 19.6. The van der Waals surface area contributed by atoms with E-state index in [0.717, 1.165) is 18.4 Å². The molecule has 2 bridgehead atoms. The largest absolute Gasteiger partial charge is 0.509 e. The fraction of sp³-hybridized carbons (Fsp3) is 0.833. The first-order valence-corrected chi connectivity index (χ1v) is 11.2. The van der Waals surface area contributed by atoms with Gasteiger partial charge in [0.15, 0.2) is 11.7 Å². The molecule has 5 rings (SSSR count). The summed E-state index contributed by atoms with van der Waals surface area (Å²) in [5.74, 6) is 0.678. The lowest BCUT2D eigenvalue weighted by Gasteiger charge is -2.63. The minimum absolute atomic E-state index is 0.0715. The fourth-order valence-corrected chi connectivity index (χ4v) is 8.00. The highest BCUT2D eigenvalue weighted by atomic mass is 16.8. The second kappa shape index (κ2) is 5.66. The van der Waals surface area contributed by atoms with E-state index >= 15 is 0 Å². The second-order valence-electron chi connectivity index (χ2n) is 11.2. The number of carbonyl (C=O) groups is 2. The van der Waals surface area contributed by atoms with Crippen molar-refractivity contribution < 1.29 is 23.8 Å². The zero-order valence-corrected chi connectivity index (χ0v) is 18.7. The maximum Gasteiger partial charge on any atom is 0.509 e. The van der Waals surface area contributed by atoms with E-state index in [1.54, 1.807) is 0 Å². The number of Topliss-reactive ketones (excluding diaryl/α,β-unsaturated/α-hetero) is 1. The molecule has 0 aromatic rings. The molecule has 5 aliphatic rings. The van der Waals surface area contributed by atoms with Crippen LogP contribution in [0.2, 0.25) is 0 Å². The van der Waals surface area contributed by atoms with Crippen LogP contribution in [0.15, 0.2) is 11.1 Å². The van der Waals surface area contributed by atoms with Crippen molar-refractivity contribution in [2.45, 2.75) is 79.1 Å². The molecule has 9 atom stereocenters. The predicted molar refractivity (Wildman–Crippen MR) is 107 cm³/mol. The Morgan fingerprint density at radius 2 is 1.76 bits per heavy atom. The van der Waals surface area contributed by atoms with Crippen molar-refractivity contribution in [3.63, 3.8) is 0 Å². The number of fused-ring (bicyclic) bond motifs is 5. The van der Waals surface area contributed by atoms with Gasteiger partial charge in [0, 0.05) is 28.6 Å². The Morgan fingerprint density at radius 1 is 1.07 bits per heavy atom. The van der Waals surface area contributed by atoms with E-state index in [9.17, 15) is 9.59 Å². The van der Waals surface area contributed by atoms with Crippen LogP contribution in [0.1, 0.15) is 61.3 Å². The molecule has 4 fully saturated rings. The summed E-state index contributed by atoms with van der Waals surface area (Å²) in [6, 6.07) is 0. The minimum atomic E-state index is -0.740. The third-order valence-corrected chi connectivity index (χ3v) is 9.88. The average Bonchev–Trinajstić information content (AvgIpc) is 2.95. The molecule has 29 heavy (non-hydrogen) atoms. The molecule has 1 spiro atoms. The lowest BCUT2D eigenvalue weighted by Crippen LogP contribution is -2.71. The first-order valence-electron chi connectivity index (χ1n) is 11.2. The lowest BCUT2D eigenvalue weighted by atomic mass is 9.43. The van der Waals surface area contributed by atoms with Crippen LogP contribution in [-0.4, -0.2) is 36.4 Å². The van der Waals surface area contributed by atoms with E-state index in [1.807, 2.05) is 0 Å². The highest BCUT2D eigenvalue weighted by Gasteiger charge is 2.74. The topological polar surface area (TPSA) is 61.8 Å². The molecule has 5 heteroatoms. The third-order valence-electron chi connectivity index (χ3n) is 9.88. The van der Waals surface area contributed by atoms with E-state index < -0.39 is 28.7 Å². The van der Waals surface area contributed by atoms with E-state index in [4.69, 9.17) is 14.2 Å². The van der Waals surface area contributed by atoms with Crippen LogP contribution in [0.3, 0.4) is 0 Å². The van der Waals surface area contributed by atoms with Crippen molar-refractivity contribution in [1.82, 2.24) is 0 Å². The Labute approximate surface area is 173 Å². The normalized spacial score (nSPS) is 52.9. The Hall–Kier alpha value is -1.36. The van der Waals surface area contributed by atoms with Crippen molar-refractivity contribution in [2.75, 3.05) is 6.61 Å². The van der Waals surface area contributed by atoms with Gasteiger partial charge in [-0.05, 0) is 31.6 Å². The van der Waals surface area contributed by atoms with Crippen molar-refractivity contribution in [2.24, 2.45) is 40.4 Å². The Balaban J connectivity index is 1.81. The molecule has 0 unspecified atom stereocenters. The van der Waals surface area contributed by atoms with E-state index in [2.05, 4.69) is 48.5 Å². The number of ketones is 1. The monoisotopic (exact) mass is 402 g/mol. The summed E-state index contributed by atoms with van der Waals surface area (Å²) >= 11 is 0. The molecule has 5 nitrogen and oxygen atoms in total. The zero-order valence-electron chi connectivity index (χ0n) is 18.7. The molecule has 0 aromatic heterocycles. The van der Waals surface area contributed by atoms with Gasteiger partial charge in [0.25, 0.3) is 0 Å². The second-order valence-corrected chi connectivity index (χ2v) is 11.2. The van der Waals surface area contributed by atoms with Crippen LogP contribution < -0.4 is 0 Å². The third kappa shape index (κ3) is 2.06. The summed E-state index contributed by atoms with van der Waals surface area (Å²) in [5, 5.41) is 0. The quantitative estimate of drug-likeness (QED) is 0.440. The van der Waals surface area contributed by atoms with Gasteiger partial charge in [-0.2, -0.15) is 0 Å². The molecule has 2 heterocycles. The van der Waals surface area contributed by atoms with Gasteiger partial charge in [-0.1, -0.05) is 52.7 Å². The molecule has 0 aromatic carbocycles. The molecule has 2 saturated carbocycles. The highest BCUT2D eigenvalue weighted by Crippen LogP contribution is 2.66. The Morgan fingerprint density at radius 3 is 2.38 bits per heavy atom. The molecular weight excluding hydrogens is 368 g/mol. The van der Waals surface area contributed by atoms with Crippen LogP contribution in [0.4, 0.5) is 4.79 Å². The van der Waals surface area contributed by atoms with Gasteiger partial charge < -0.3 is 14.2 Å². The predicted octanol–water partition coefficient (Wildman–Crippen LogP) is 4.54. The molecule has 2 aliphatic heterocycles. The molecule has 3 aliphatic carbocycles. The van der Waals surface area contributed by atoms with Crippen molar-refractivity contribution >= 4 is 11.9 Å². The summed E-state index contributed by atoms with van der Waals surface area (Å²) in [6.07, 6.45) is 0.793. The van der Waals surface area contributed by atoms with Gasteiger partial charge in [-0.15, -0.1) is 0 Å². The van der Waals surface area contributed by atoms with Crippen LogP contribution in [0.25, 0.3) is 0 Å². The summed E-state index contributed by atoms with van der Waals surface area (Å²) in [5.41, 5.74) is 0.673. The van der Waals surface area contributed by atoms with Crippen LogP contribution >= 0.6 is 0 Å². The number of carbonyl (C=O) groups excluding carboxylic acids is 2. The van der Waals surface area contributed by atoms with Gasteiger partial charge in [-0.25, -0.2) is 4.79 Å². The molecular formula is C24H34O5. The van der Waals surface area contributed by atoms with E-state index in [1.165, 1.54) is 5.57 Å². The van der Waals surface area contributed by atoms with Gasteiger partial charge in [0.2, 0.25) is 0 Å². The molecule has 0 N–H and O–H groups in total. The van der Waals surface area contributed by atoms with Crippen LogP contribution in [-0.2, 0) is 19.0 Å². The van der Waals surface area contributed by atoms with Crippen molar-refractivity contribution in [3.05, 3.63) is 11.1 Å².